The van der Waals surface area contributed by atoms with E-state index in [-0.39, 0.29) is 5.92 Å². The summed E-state index contributed by atoms with van der Waals surface area (Å²) < 4.78 is 0. The van der Waals surface area contributed by atoms with E-state index in [0.29, 0.717) is 11.8 Å². The van der Waals surface area contributed by atoms with Crippen LogP contribution in [0.1, 0.15) is 20.3 Å². The number of nitrogens with one attached hydrogen (secondary N) is 1. The van der Waals surface area contributed by atoms with Gasteiger partial charge in [0.1, 0.15) is 5.78 Å². The minimum absolute atomic E-state index is 0.288. The Balaban J connectivity index is 2.54. The van der Waals surface area contributed by atoms with Crippen molar-refractivity contribution in [2.24, 2.45) is 5.92 Å². The van der Waals surface area contributed by atoms with Crippen molar-refractivity contribution < 1.29 is 9.69 Å². The molecule has 2 heteroatoms. The third-order valence-electron chi connectivity index (χ3n) is 2.53. The van der Waals surface area contributed by atoms with Gasteiger partial charge in [-0.05, 0) is 6.92 Å². The van der Waals surface area contributed by atoms with Gasteiger partial charge < -0.3 is 4.90 Å². The molecule has 58 valence electrons. The second kappa shape index (κ2) is 2.70. The quantitative estimate of drug-likeness (QED) is 0.484. The maximum Gasteiger partial charge on any atom is 0.147 e. The minimum Gasteiger partial charge on any atom is -0.334 e. The Morgan fingerprint density at radius 1 is 1.50 bits per heavy atom. The number of hydrogen-bond donors (Lipinski definition) is 1. The molecule has 0 aromatic heterocycles. The predicted molar refractivity (Wildman–Crippen MR) is 40.0 cm³/mol. The number of quaternary nitrogens is 1. The molecule has 0 aliphatic carbocycles. The van der Waals surface area contributed by atoms with E-state index in [0.717, 1.165) is 13.0 Å². The van der Waals surface area contributed by atoms with Crippen LogP contribution in [0.2, 0.25) is 0 Å². The standard InChI is InChI=1S/C8H15NO/c1-6-5-9(3)7(2)4-8(6)10/h6-7H,4-5H2,1-3H3/p+1. The molecule has 3 unspecified atom stereocenters. The van der Waals surface area contributed by atoms with Crippen molar-refractivity contribution in [3.05, 3.63) is 0 Å². The van der Waals surface area contributed by atoms with Crippen molar-refractivity contribution in [2.75, 3.05) is 13.6 Å². The highest BCUT2D eigenvalue weighted by Crippen LogP contribution is 2.04. The maximum atomic E-state index is 11.1. The molecule has 0 saturated carbocycles. The number of piperidine rings is 1. The zero-order valence-corrected chi connectivity index (χ0v) is 6.98. The molecule has 10 heavy (non-hydrogen) atoms. The molecule has 1 rings (SSSR count). The van der Waals surface area contributed by atoms with Crippen molar-refractivity contribution in [1.82, 2.24) is 0 Å². The number of rotatable bonds is 0. The van der Waals surface area contributed by atoms with Crippen molar-refractivity contribution in [1.29, 1.82) is 0 Å². The SMILES string of the molecule is CC1C[NH+](C)C(C)CC1=O. The first-order valence-electron chi connectivity index (χ1n) is 3.96. The molecule has 0 spiro atoms. The van der Waals surface area contributed by atoms with E-state index in [1.54, 1.807) is 0 Å². The van der Waals surface area contributed by atoms with Crippen LogP contribution in [-0.2, 0) is 4.79 Å². The first-order chi connectivity index (χ1) is 4.61. The van der Waals surface area contributed by atoms with Crippen molar-refractivity contribution in [3.8, 4) is 0 Å². The van der Waals surface area contributed by atoms with Gasteiger partial charge in [-0.2, -0.15) is 0 Å². The zero-order chi connectivity index (χ0) is 7.72. The second-order valence-electron chi connectivity index (χ2n) is 3.52. The van der Waals surface area contributed by atoms with Crippen LogP contribution in [0.3, 0.4) is 0 Å². The summed E-state index contributed by atoms with van der Waals surface area (Å²) in [5.41, 5.74) is 0. The van der Waals surface area contributed by atoms with Crippen LogP contribution in [-0.4, -0.2) is 25.4 Å². The topological polar surface area (TPSA) is 21.5 Å². The van der Waals surface area contributed by atoms with Crippen LogP contribution >= 0.6 is 0 Å². The van der Waals surface area contributed by atoms with Gasteiger partial charge in [-0.3, -0.25) is 4.79 Å². The summed E-state index contributed by atoms with van der Waals surface area (Å²) in [6.07, 6.45) is 0.771. The number of ketones is 1. The molecule has 3 atom stereocenters. The van der Waals surface area contributed by atoms with Crippen LogP contribution in [0.4, 0.5) is 0 Å². The first-order valence-corrected chi connectivity index (χ1v) is 3.96. The van der Waals surface area contributed by atoms with Crippen molar-refractivity contribution in [3.63, 3.8) is 0 Å². The Labute approximate surface area is 62.2 Å². The van der Waals surface area contributed by atoms with Crippen LogP contribution in [0.15, 0.2) is 0 Å². The molecule has 1 saturated heterocycles. The van der Waals surface area contributed by atoms with Gasteiger partial charge in [0.2, 0.25) is 0 Å². The monoisotopic (exact) mass is 142 g/mol. The van der Waals surface area contributed by atoms with E-state index in [4.69, 9.17) is 0 Å². The molecule has 0 amide bonds. The number of carbonyl (C=O) groups is 1. The fraction of sp³-hybridized carbons (Fsp3) is 0.875. The van der Waals surface area contributed by atoms with Gasteiger partial charge in [0.25, 0.3) is 0 Å². The van der Waals surface area contributed by atoms with Crippen LogP contribution in [0.5, 0.6) is 0 Å². The molecule has 1 aliphatic rings. The molecular weight excluding hydrogens is 126 g/mol. The van der Waals surface area contributed by atoms with E-state index >= 15 is 0 Å². The fourth-order valence-electron chi connectivity index (χ4n) is 1.48. The van der Waals surface area contributed by atoms with Gasteiger partial charge in [0.15, 0.2) is 0 Å². The maximum absolute atomic E-state index is 11.1. The molecule has 1 heterocycles. The Morgan fingerprint density at radius 2 is 2.10 bits per heavy atom. The smallest absolute Gasteiger partial charge is 0.147 e. The highest BCUT2D eigenvalue weighted by Gasteiger charge is 2.29. The predicted octanol–water partition coefficient (Wildman–Crippen LogP) is -0.501. The Bertz CT molecular complexity index is 144. The average Bonchev–Trinajstić information content (AvgIpc) is 1.84. The lowest BCUT2D eigenvalue weighted by Gasteiger charge is -2.29. The Hall–Kier alpha value is -0.370. The van der Waals surface area contributed by atoms with Crippen molar-refractivity contribution >= 4 is 5.78 Å². The molecular formula is C8H16NO+. The number of hydrogen-bond acceptors (Lipinski definition) is 1. The highest BCUT2D eigenvalue weighted by atomic mass is 16.1. The molecule has 0 bridgehead atoms. The van der Waals surface area contributed by atoms with Crippen molar-refractivity contribution in [2.45, 2.75) is 26.3 Å². The average molecular weight is 142 g/mol. The van der Waals surface area contributed by atoms with E-state index in [9.17, 15) is 4.79 Å². The molecule has 1 aliphatic heterocycles. The van der Waals surface area contributed by atoms with Crippen LogP contribution in [0.25, 0.3) is 0 Å². The summed E-state index contributed by atoms with van der Waals surface area (Å²) in [5.74, 6) is 0.731. The number of likely N-dealkylation sites (tertiary alicyclic amines) is 1. The van der Waals surface area contributed by atoms with Gasteiger partial charge >= 0.3 is 0 Å². The molecule has 0 radical (unpaired) electrons. The van der Waals surface area contributed by atoms with Gasteiger partial charge in [0, 0.05) is 0 Å². The number of carbonyl (C=O) groups excluding carboxylic acids is 1. The van der Waals surface area contributed by atoms with E-state index in [1.165, 1.54) is 4.90 Å². The van der Waals surface area contributed by atoms with E-state index in [1.807, 2.05) is 6.92 Å². The molecule has 1 N–H and O–H groups in total. The highest BCUT2D eigenvalue weighted by molar-refractivity contribution is 5.81. The lowest BCUT2D eigenvalue weighted by molar-refractivity contribution is -0.908. The summed E-state index contributed by atoms with van der Waals surface area (Å²) >= 11 is 0. The summed E-state index contributed by atoms with van der Waals surface area (Å²) in [6.45, 7) is 5.18. The van der Waals surface area contributed by atoms with Gasteiger partial charge in [-0.25, -0.2) is 0 Å². The second-order valence-corrected chi connectivity index (χ2v) is 3.52. The minimum atomic E-state index is 0.288. The largest absolute Gasteiger partial charge is 0.334 e. The fourth-order valence-corrected chi connectivity index (χ4v) is 1.48. The summed E-state index contributed by atoms with van der Waals surface area (Å²) in [4.78, 5) is 12.6. The Morgan fingerprint density at radius 3 is 2.60 bits per heavy atom. The van der Waals surface area contributed by atoms with E-state index < -0.39 is 0 Å². The molecule has 1 fully saturated rings. The van der Waals surface area contributed by atoms with E-state index in [2.05, 4.69) is 14.0 Å². The summed E-state index contributed by atoms with van der Waals surface area (Å²) in [6, 6.07) is 0.531. The zero-order valence-electron chi connectivity index (χ0n) is 6.98. The number of Topliss-reactive ketones (excluding diaryl/α,β-unsaturated/α-hetero) is 1. The third kappa shape index (κ3) is 1.37. The summed E-state index contributed by atoms with van der Waals surface area (Å²) in [7, 11) is 2.16. The van der Waals surface area contributed by atoms with Gasteiger partial charge in [0.05, 0.1) is 32.0 Å². The first kappa shape index (κ1) is 7.73. The summed E-state index contributed by atoms with van der Waals surface area (Å²) in [5, 5.41) is 0. The third-order valence-corrected chi connectivity index (χ3v) is 2.53. The molecule has 0 aromatic carbocycles. The van der Waals surface area contributed by atoms with Crippen LogP contribution in [0, 0.1) is 5.92 Å². The van der Waals surface area contributed by atoms with Gasteiger partial charge in [-0.15, -0.1) is 0 Å². The van der Waals surface area contributed by atoms with Gasteiger partial charge in [-0.1, -0.05) is 6.92 Å². The molecule has 2 nitrogen and oxygen atoms in total. The molecule has 0 aromatic rings. The van der Waals surface area contributed by atoms with Crippen LogP contribution < -0.4 is 4.90 Å². The Kier molecular flexibility index (Phi) is 2.09. The lowest BCUT2D eigenvalue weighted by atomic mass is 9.94. The normalized spacial score (nSPS) is 41.9. The lowest BCUT2D eigenvalue weighted by Crippen LogP contribution is -3.14.